The molecule has 0 spiro atoms. The topological polar surface area (TPSA) is 40.5 Å². The summed E-state index contributed by atoms with van der Waals surface area (Å²) in [5.41, 5.74) is 0.308. The Morgan fingerprint density at radius 2 is 1.93 bits per heavy atom. The van der Waals surface area contributed by atoms with Gasteiger partial charge in [0.2, 0.25) is 0 Å². The van der Waals surface area contributed by atoms with Crippen LogP contribution in [0.2, 0.25) is 0 Å². The summed E-state index contributed by atoms with van der Waals surface area (Å²) in [6.45, 7) is 8.95. The molecule has 1 unspecified atom stereocenters. The minimum atomic E-state index is -0.692. The maximum absolute atomic E-state index is 10.8. The lowest BCUT2D eigenvalue weighted by atomic mass is 9.66. The molecule has 0 bridgehead atoms. The van der Waals surface area contributed by atoms with Gasteiger partial charge < -0.3 is 5.11 Å². The highest BCUT2D eigenvalue weighted by molar-refractivity contribution is 5.67. The van der Waals surface area contributed by atoms with Gasteiger partial charge in [-0.3, -0.25) is 9.69 Å². The summed E-state index contributed by atoms with van der Waals surface area (Å²) < 4.78 is 0. The summed E-state index contributed by atoms with van der Waals surface area (Å²) in [7, 11) is 2.05. The van der Waals surface area contributed by atoms with E-state index in [0.717, 1.165) is 12.8 Å². The number of carboxylic acid groups (broad SMARTS) is 1. The Bertz CT molecular complexity index is 258. The van der Waals surface area contributed by atoms with Gasteiger partial charge in [0, 0.05) is 11.6 Å². The molecule has 1 rings (SSSR count). The van der Waals surface area contributed by atoms with Gasteiger partial charge in [-0.15, -0.1) is 0 Å². The molecule has 0 radical (unpaired) electrons. The number of hydrogen-bond donors (Lipinski definition) is 1. The molecule has 0 amide bonds. The Kier molecular flexibility index (Phi) is 3.15. The Balaban J connectivity index is 2.82. The number of carboxylic acids is 1. The second kappa shape index (κ2) is 3.78. The fourth-order valence-electron chi connectivity index (χ4n) is 2.40. The molecule has 0 aromatic heterocycles. The van der Waals surface area contributed by atoms with E-state index in [0.29, 0.717) is 0 Å². The predicted octanol–water partition coefficient (Wildman–Crippen LogP) is 2.36. The maximum Gasteiger partial charge on any atom is 0.304 e. The average Bonchev–Trinajstić information content (AvgIpc) is 2.08. The molecule has 1 N–H and O–H groups in total. The molecular formula is C12H23NO2. The second-order valence-corrected chi connectivity index (χ2v) is 5.84. The van der Waals surface area contributed by atoms with Crippen LogP contribution in [-0.2, 0) is 4.79 Å². The van der Waals surface area contributed by atoms with Crippen molar-refractivity contribution in [2.24, 2.45) is 5.41 Å². The van der Waals surface area contributed by atoms with E-state index in [1.165, 1.54) is 0 Å². The zero-order valence-electron chi connectivity index (χ0n) is 10.5. The number of carbonyl (C=O) groups is 1. The first-order valence-corrected chi connectivity index (χ1v) is 5.63. The second-order valence-electron chi connectivity index (χ2n) is 5.84. The van der Waals surface area contributed by atoms with Crippen molar-refractivity contribution in [3.63, 3.8) is 0 Å². The lowest BCUT2D eigenvalue weighted by molar-refractivity contribution is -0.141. The first-order valence-electron chi connectivity index (χ1n) is 5.63. The molecule has 0 aromatic carbocycles. The normalized spacial score (nSPS) is 30.1. The van der Waals surface area contributed by atoms with Gasteiger partial charge in [-0.2, -0.15) is 0 Å². The molecule has 1 heterocycles. The molecule has 3 nitrogen and oxygen atoms in total. The van der Waals surface area contributed by atoms with Crippen LogP contribution in [0.4, 0.5) is 0 Å². The molecule has 1 fully saturated rings. The SMILES string of the molecule is CN1C(CC(=O)O)CCC(C)(C)C1(C)C. The number of likely N-dealkylation sites (tertiary alicyclic amines) is 1. The van der Waals surface area contributed by atoms with Crippen molar-refractivity contribution in [3.05, 3.63) is 0 Å². The molecule has 0 aliphatic carbocycles. The van der Waals surface area contributed by atoms with Crippen molar-refractivity contribution in [2.45, 2.75) is 58.5 Å². The highest BCUT2D eigenvalue weighted by atomic mass is 16.4. The van der Waals surface area contributed by atoms with Crippen molar-refractivity contribution in [1.29, 1.82) is 0 Å². The first-order chi connectivity index (χ1) is 6.68. The zero-order valence-corrected chi connectivity index (χ0v) is 10.5. The number of hydrogen-bond acceptors (Lipinski definition) is 2. The fraction of sp³-hybridized carbons (Fsp3) is 0.917. The predicted molar refractivity (Wildman–Crippen MR) is 60.9 cm³/mol. The summed E-state index contributed by atoms with van der Waals surface area (Å²) in [5.74, 6) is -0.692. The third-order valence-electron chi connectivity index (χ3n) is 4.60. The van der Waals surface area contributed by atoms with E-state index in [2.05, 4.69) is 39.6 Å². The summed E-state index contributed by atoms with van der Waals surface area (Å²) >= 11 is 0. The summed E-state index contributed by atoms with van der Waals surface area (Å²) in [6.07, 6.45) is 2.34. The van der Waals surface area contributed by atoms with E-state index in [9.17, 15) is 4.79 Å². The van der Waals surface area contributed by atoms with Crippen LogP contribution in [0.25, 0.3) is 0 Å². The summed E-state index contributed by atoms with van der Waals surface area (Å²) in [4.78, 5) is 13.0. The van der Waals surface area contributed by atoms with Crippen LogP contribution in [0, 0.1) is 5.41 Å². The van der Waals surface area contributed by atoms with Crippen molar-refractivity contribution >= 4 is 5.97 Å². The molecule has 3 heteroatoms. The van der Waals surface area contributed by atoms with E-state index in [1.54, 1.807) is 0 Å². The van der Waals surface area contributed by atoms with E-state index in [4.69, 9.17) is 5.11 Å². The smallest absolute Gasteiger partial charge is 0.304 e. The summed E-state index contributed by atoms with van der Waals surface area (Å²) in [5, 5.41) is 8.86. The number of aliphatic carboxylic acids is 1. The third kappa shape index (κ3) is 2.17. The highest BCUT2D eigenvalue weighted by Crippen LogP contribution is 2.45. The van der Waals surface area contributed by atoms with Crippen LogP contribution in [0.15, 0.2) is 0 Å². The van der Waals surface area contributed by atoms with Crippen LogP contribution in [-0.4, -0.2) is 34.6 Å². The van der Waals surface area contributed by atoms with Gasteiger partial charge in [0.05, 0.1) is 6.42 Å². The van der Waals surface area contributed by atoms with Crippen LogP contribution in [0.3, 0.4) is 0 Å². The van der Waals surface area contributed by atoms with Gasteiger partial charge in [0.1, 0.15) is 0 Å². The van der Waals surface area contributed by atoms with Crippen molar-refractivity contribution in [1.82, 2.24) is 4.90 Å². The molecule has 1 saturated heterocycles. The number of piperidine rings is 1. The molecule has 1 atom stereocenters. The van der Waals surface area contributed by atoms with Crippen LogP contribution >= 0.6 is 0 Å². The number of rotatable bonds is 2. The largest absolute Gasteiger partial charge is 0.481 e. The van der Waals surface area contributed by atoms with Crippen molar-refractivity contribution in [2.75, 3.05) is 7.05 Å². The van der Waals surface area contributed by atoms with Crippen molar-refractivity contribution < 1.29 is 9.90 Å². The molecule has 1 aliphatic heterocycles. The van der Waals surface area contributed by atoms with Gasteiger partial charge in [-0.1, -0.05) is 13.8 Å². The number of nitrogens with zero attached hydrogens (tertiary/aromatic N) is 1. The van der Waals surface area contributed by atoms with Gasteiger partial charge >= 0.3 is 5.97 Å². The molecule has 15 heavy (non-hydrogen) atoms. The van der Waals surface area contributed by atoms with Gasteiger partial charge in [0.15, 0.2) is 0 Å². The average molecular weight is 213 g/mol. The first kappa shape index (κ1) is 12.5. The van der Waals surface area contributed by atoms with E-state index in [-0.39, 0.29) is 23.4 Å². The van der Waals surface area contributed by atoms with Gasteiger partial charge in [0.25, 0.3) is 0 Å². The minimum absolute atomic E-state index is 0.0609. The monoisotopic (exact) mass is 213 g/mol. The maximum atomic E-state index is 10.8. The lowest BCUT2D eigenvalue weighted by Crippen LogP contribution is -2.60. The van der Waals surface area contributed by atoms with Crippen LogP contribution in [0.5, 0.6) is 0 Å². The van der Waals surface area contributed by atoms with Gasteiger partial charge in [-0.05, 0) is 39.2 Å². The highest BCUT2D eigenvalue weighted by Gasteiger charge is 2.46. The lowest BCUT2D eigenvalue weighted by Gasteiger charge is -2.55. The third-order valence-corrected chi connectivity index (χ3v) is 4.60. The molecule has 1 aliphatic rings. The van der Waals surface area contributed by atoms with Crippen molar-refractivity contribution in [3.8, 4) is 0 Å². The van der Waals surface area contributed by atoms with E-state index >= 15 is 0 Å². The van der Waals surface area contributed by atoms with Crippen LogP contribution in [0.1, 0.15) is 47.0 Å². The van der Waals surface area contributed by atoms with E-state index < -0.39 is 5.97 Å². The Hall–Kier alpha value is -0.570. The van der Waals surface area contributed by atoms with E-state index in [1.807, 2.05) is 0 Å². The quantitative estimate of drug-likeness (QED) is 0.765. The Morgan fingerprint density at radius 1 is 1.40 bits per heavy atom. The van der Waals surface area contributed by atoms with Crippen LogP contribution < -0.4 is 0 Å². The minimum Gasteiger partial charge on any atom is -0.481 e. The zero-order chi connectivity index (χ0) is 11.9. The fourth-order valence-corrected chi connectivity index (χ4v) is 2.40. The summed E-state index contributed by atoms with van der Waals surface area (Å²) in [6, 6.07) is 0.186. The molecule has 0 aromatic rings. The molecule has 88 valence electrons. The molecule has 0 saturated carbocycles. The standard InChI is InChI=1S/C12H23NO2/c1-11(2)7-6-9(8-10(14)15)13(5)12(11,3)4/h9H,6-8H2,1-5H3,(H,14,15). The Labute approximate surface area is 92.5 Å². The Morgan fingerprint density at radius 3 is 2.40 bits per heavy atom. The van der Waals surface area contributed by atoms with Gasteiger partial charge in [-0.25, -0.2) is 0 Å². The molecular weight excluding hydrogens is 190 g/mol.